The third kappa shape index (κ3) is 2.62. The lowest BCUT2D eigenvalue weighted by Crippen LogP contribution is -1.98. The van der Waals surface area contributed by atoms with Gasteiger partial charge in [0.15, 0.2) is 5.65 Å². The van der Waals surface area contributed by atoms with Crippen molar-refractivity contribution in [1.82, 2.24) is 20.2 Å². The Kier molecular flexibility index (Phi) is 3.20. The molecule has 0 unspecified atom stereocenters. The normalized spacial score (nSPS) is 11.5. The van der Waals surface area contributed by atoms with Gasteiger partial charge in [0.05, 0.1) is 6.21 Å². The summed E-state index contributed by atoms with van der Waals surface area (Å²) in [5, 5.41) is 13.5. The fourth-order valence-electron chi connectivity index (χ4n) is 2.39. The summed E-state index contributed by atoms with van der Waals surface area (Å²) < 4.78 is 0. The predicted molar refractivity (Wildman–Crippen MR) is 91.6 cm³/mol. The van der Waals surface area contributed by atoms with Gasteiger partial charge in [-0.2, -0.15) is 10.1 Å². The van der Waals surface area contributed by atoms with E-state index >= 15 is 0 Å². The summed E-state index contributed by atoms with van der Waals surface area (Å²) in [6, 6.07) is 16.0. The molecule has 0 amide bonds. The van der Waals surface area contributed by atoms with Crippen LogP contribution in [0.1, 0.15) is 11.1 Å². The van der Waals surface area contributed by atoms with Crippen LogP contribution in [0, 0.1) is 6.92 Å². The van der Waals surface area contributed by atoms with Gasteiger partial charge in [-0.1, -0.05) is 48.0 Å². The zero-order valence-corrected chi connectivity index (χ0v) is 12.5. The van der Waals surface area contributed by atoms with Crippen LogP contribution in [-0.2, 0) is 0 Å². The highest BCUT2D eigenvalue weighted by Crippen LogP contribution is 2.21. The first-order chi connectivity index (χ1) is 11.3. The van der Waals surface area contributed by atoms with Crippen molar-refractivity contribution in [2.75, 3.05) is 5.43 Å². The zero-order chi connectivity index (χ0) is 15.6. The molecule has 2 aromatic carbocycles. The van der Waals surface area contributed by atoms with Crippen molar-refractivity contribution in [3.05, 3.63) is 59.7 Å². The maximum absolute atomic E-state index is 4.40. The fraction of sp³-hybridized carbons (Fsp3) is 0.0588. The van der Waals surface area contributed by atoms with E-state index in [1.54, 1.807) is 6.21 Å². The molecule has 2 heterocycles. The van der Waals surface area contributed by atoms with Gasteiger partial charge < -0.3 is 4.98 Å². The van der Waals surface area contributed by atoms with E-state index in [0.29, 0.717) is 11.6 Å². The number of anilines is 1. The van der Waals surface area contributed by atoms with Crippen LogP contribution < -0.4 is 5.43 Å². The van der Waals surface area contributed by atoms with Crippen molar-refractivity contribution in [2.45, 2.75) is 6.92 Å². The second kappa shape index (κ2) is 5.49. The molecule has 0 radical (unpaired) electrons. The lowest BCUT2D eigenvalue weighted by molar-refractivity contribution is 1.01. The minimum atomic E-state index is 0.354. The Labute approximate surface area is 132 Å². The van der Waals surface area contributed by atoms with Gasteiger partial charge in [-0.3, -0.25) is 0 Å². The number of nitrogens with zero attached hydrogens (tertiary/aromatic N) is 4. The predicted octanol–water partition coefficient (Wildman–Crippen LogP) is 3.26. The van der Waals surface area contributed by atoms with Crippen LogP contribution in [-0.4, -0.2) is 26.4 Å². The second-order valence-electron chi connectivity index (χ2n) is 5.28. The Bertz CT molecular complexity index is 1000. The average Bonchev–Trinajstić information content (AvgIpc) is 2.94. The molecule has 6 heteroatoms. The highest BCUT2D eigenvalue weighted by molar-refractivity contribution is 6.03. The number of aromatic amines is 1. The zero-order valence-electron chi connectivity index (χ0n) is 12.5. The van der Waals surface area contributed by atoms with Crippen molar-refractivity contribution in [2.24, 2.45) is 5.10 Å². The maximum atomic E-state index is 4.40. The molecule has 0 aliphatic rings. The number of hydrogen-bond acceptors (Lipinski definition) is 5. The molecule has 6 nitrogen and oxygen atoms in total. The molecule has 0 saturated carbocycles. The summed E-state index contributed by atoms with van der Waals surface area (Å²) in [5.41, 5.74) is 7.46. The molecule has 112 valence electrons. The molecule has 2 N–H and O–H groups in total. The molecule has 0 spiro atoms. The first-order valence-electron chi connectivity index (χ1n) is 7.26. The van der Waals surface area contributed by atoms with Crippen LogP contribution in [0.25, 0.3) is 22.1 Å². The van der Waals surface area contributed by atoms with Gasteiger partial charge in [0, 0.05) is 10.9 Å². The number of para-hydroxylation sites is 1. The highest BCUT2D eigenvalue weighted by atomic mass is 15.4. The van der Waals surface area contributed by atoms with E-state index in [2.05, 4.69) is 30.7 Å². The Morgan fingerprint density at radius 3 is 2.74 bits per heavy atom. The summed E-state index contributed by atoms with van der Waals surface area (Å²) >= 11 is 0. The number of hydrazone groups is 1. The summed E-state index contributed by atoms with van der Waals surface area (Å²) in [7, 11) is 0. The summed E-state index contributed by atoms with van der Waals surface area (Å²) in [6.45, 7) is 2.05. The van der Waals surface area contributed by atoms with Gasteiger partial charge in [-0.05, 0) is 18.6 Å². The van der Waals surface area contributed by atoms with Crippen LogP contribution in [0.15, 0.2) is 53.6 Å². The lowest BCUT2D eigenvalue weighted by Gasteiger charge is -1.97. The molecule has 0 aliphatic carbocycles. The SMILES string of the molecule is Cc1ccc(C=NNc2nnc3c(n2)[nH]c2ccccc23)cc1. The lowest BCUT2D eigenvalue weighted by atomic mass is 10.2. The highest BCUT2D eigenvalue weighted by Gasteiger charge is 2.07. The summed E-state index contributed by atoms with van der Waals surface area (Å²) in [4.78, 5) is 7.63. The molecule has 23 heavy (non-hydrogen) atoms. The van der Waals surface area contributed by atoms with Crippen LogP contribution in [0.4, 0.5) is 5.95 Å². The Hall–Kier alpha value is -3.28. The Balaban J connectivity index is 1.59. The number of benzene rings is 2. The Morgan fingerprint density at radius 1 is 1.04 bits per heavy atom. The van der Waals surface area contributed by atoms with E-state index in [4.69, 9.17) is 0 Å². The minimum absolute atomic E-state index is 0.354. The van der Waals surface area contributed by atoms with E-state index in [1.807, 2.05) is 55.5 Å². The Morgan fingerprint density at radius 2 is 1.87 bits per heavy atom. The summed E-state index contributed by atoms with van der Waals surface area (Å²) in [5.74, 6) is 0.354. The van der Waals surface area contributed by atoms with E-state index in [0.717, 1.165) is 22.0 Å². The largest absolute Gasteiger partial charge is 0.338 e. The van der Waals surface area contributed by atoms with Gasteiger partial charge in [0.2, 0.25) is 0 Å². The summed E-state index contributed by atoms with van der Waals surface area (Å²) in [6.07, 6.45) is 1.72. The number of aryl methyl sites for hydroxylation is 1. The molecule has 0 saturated heterocycles. The van der Waals surface area contributed by atoms with Crippen LogP contribution in [0.2, 0.25) is 0 Å². The molecule has 0 bridgehead atoms. The fourth-order valence-corrected chi connectivity index (χ4v) is 2.39. The number of aromatic nitrogens is 4. The molecule has 4 aromatic rings. The third-order valence-electron chi connectivity index (χ3n) is 3.58. The maximum Gasteiger partial charge on any atom is 0.265 e. The minimum Gasteiger partial charge on any atom is -0.338 e. The van der Waals surface area contributed by atoms with Crippen molar-refractivity contribution >= 4 is 34.2 Å². The first-order valence-corrected chi connectivity index (χ1v) is 7.26. The molecule has 4 rings (SSSR count). The molecular weight excluding hydrogens is 288 g/mol. The van der Waals surface area contributed by atoms with Gasteiger partial charge in [0.1, 0.15) is 5.52 Å². The van der Waals surface area contributed by atoms with Gasteiger partial charge in [-0.25, -0.2) is 5.43 Å². The smallest absolute Gasteiger partial charge is 0.265 e. The number of H-pyrrole nitrogens is 1. The molecule has 0 aliphatic heterocycles. The second-order valence-corrected chi connectivity index (χ2v) is 5.28. The van der Waals surface area contributed by atoms with Crippen LogP contribution >= 0.6 is 0 Å². The molecular formula is C17H14N6. The van der Waals surface area contributed by atoms with E-state index in [1.165, 1.54) is 5.56 Å². The van der Waals surface area contributed by atoms with E-state index < -0.39 is 0 Å². The quantitative estimate of drug-likeness (QED) is 0.450. The van der Waals surface area contributed by atoms with Crippen molar-refractivity contribution < 1.29 is 0 Å². The third-order valence-corrected chi connectivity index (χ3v) is 3.58. The topological polar surface area (TPSA) is 78.8 Å². The van der Waals surface area contributed by atoms with Crippen molar-refractivity contribution in [3.8, 4) is 0 Å². The molecule has 0 atom stereocenters. The monoisotopic (exact) mass is 302 g/mol. The van der Waals surface area contributed by atoms with Crippen LogP contribution in [0.3, 0.4) is 0 Å². The molecule has 2 aromatic heterocycles. The standard InChI is InChI=1S/C17H14N6/c1-11-6-8-12(9-7-11)10-18-22-17-20-16-15(21-23-17)13-4-2-3-5-14(13)19-16/h2-10H,1H3,(H2,19,20,22,23). The number of hydrogen-bond donors (Lipinski definition) is 2. The average molecular weight is 302 g/mol. The van der Waals surface area contributed by atoms with Gasteiger partial charge >= 0.3 is 0 Å². The first kappa shape index (κ1) is 13.4. The van der Waals surface area contributed by atoms with E-state index in [-0.39, 0.29) is 0 Å². The van der Waals surface area contributed by atoms with Crippen molar-refractivity contribution in [3.63, 3.8) is 0 Å². The van der Waals surface area contributed by atoms with E-state index in [9.17, 15) is 0 Å². The van der Waals surface area contributed by atoms with Gasteiger partial charge in [0.25, 0.3) is 5.95 Å². The number of rotatable bonds is 3. The number of fused-ring (bicyclic) bond motifs is 3. The molecule has 0 fully saturated rings. The van der Waals surface area contributed by atoms with Crippen LogP contribution in [0.5, 0.6) is 0 Å². The number of nitrogens with one attached hydrogen (secondary N) is 2. The van der Waals surface area contributed by atoms with Crippen molar-refractivity contribution in [1.29, 1.82) is 0 Å². The van der Waals surface area contributed by atoms with Gasteiger partial charge in [-0.15, -0.1) is 10.2 Å².